The number of likely N-dealkylation sites (N-methyl/N-ethyl adjacent to an activating group) is 1. The lowest BCUT2D eigenvalue weighted by atomic mass is 10.1. The number of rotatable bonds is 4. The van der Waals surface area contributed by atoms with Gasteiger partial charge in [0.1, 0.15) is 5.69 Å². The van der Waals surface area contributed by atoms with Gasteiger partial charge in [-0.15, -0.1) is 0 Å². The fourth-order valence-corrected chi connectivity index (χ4v) is 3.78. The molecule has 7 nitrogen and oxygen atoms in total. The van der Waals surface area contributed by atoms with Crippen LogP contribution in [0.2, 0.25) is 0 Å². The van der Waals surface area contributed by atoms with Crippen molar-refractivity contribution in [2.24, 2.45) is 0 Å². The van der Waals surface area contributed by atoms with Gasteiger partial charge < -0.3 is 19.7 Å². The Kier molecular flexibility index (Phi) is 4.50. The van der Waals surface area contributed by atoms with Crippen LogP contribution in [-0.4, -0.2) is 69.9 Å². The molecule has 1 aromatic rings. The molecular formula is C18H27N5O2. The molecular weight excluding hydrogens is 318 g/mol. The van der Waals surface area contributed by atoms with Crippen LogP contribution in [-0.2, 0) is 13.0 Å². The van der Waals surface area contributed by atoms with Gasteiger partial charge in [-0.05, 0) is 38.6 Å². The molecule has 1 N–H and O–H groups in total. The van der Waals surface area contributed by atoms with Crippen molar-refractivity contribution in [3.8, 4) is 0 Å². The van der Waals surface area contributed by atoms with E-state index in [1.807, 2.05) is 9.47 Å². The molecule has 2 amide bonds. The average Bonchev–Trinajstić information content (AvgIpc) is 3.38. The standard InChI is InChI=1S/C18H27N5O2/c1-2-21-9-11-22(12-10-21)18(25)15-14-5-3-4-8-23(14)16(20-15)17(24)19-13-6-7-13/h13H,2-12H2,1H3,(H,19,24). The molecule has 3 aliphatic rings. The molecule has 0 bridgehead atoms. The van der Waals surface area contributed by atoms with Gasteiger partial charge in [0.25, 0.3) is 11.8 Å². The van der Waals surface area contributed by atoms with E-state index in [0.717, 1.165) is 77.1 Å². The molecule has 2 aliphatic heterocycles. The molecule has 4 rings (SSSR count). The van der Waals surface area contributed by atoms with E-state index in [1.165, 1.54) is 0 Å². The Morgan fingerprint density at radius 1 is 1.12 bits per heavy atom. The van der Waals surface area contributed by atoms with E-state index in [9.17, 15) is 9.59 Å². The molecule has 136 valence electrons. The third kappa shape index (κ3) is 3.29. The Balaban J connectivity index is 1.57. The number of fused-ring (bicyclic) bond motifs is 1. The summed E-state index contributed by atoms with van der Waals surface area (Å²) in [7, 11) is 0. The van der Waals surface area contributed by atoms with Crippen molar-refractivity contribution >= 4 is 11.8 Å². The monoisotopic (exact) mass is 345 g/mol. The molecule has 0 aromatic carbocycles. The topological polar surface area (TPSA) is 70.5 Å². The summed E-state index contributed by atoms with van der Waals surface area (Å²) in [6, 6.07) is 0.297. The summed E-state index contributed by atoms with van der Waals surface area (Å²) in [6.45, 7) is 7.25. The van der Waals surface area contributed by atoms with Gasteiger partial charge >= 0.3 is 0 Å². The lowest BCUT2D eigenvalue weighted by molar-refractivity contribution is 0.0636. The number of carbonyl (C=O) groups excluding carboxylic acids is 2. The fraction of sp³-hybridized carbons (Fsp3) is 0.722. The molecule has 0 spiro atoms. The first-order valence-corrected chi connectivity index (χ1v) is 9.59. The molecule has 1 aliphatic carbocycles. The zero-order chi connectivity index (χ0) is 17.4. The summed E-state index contributed by atoms with van der Waals surface area (Å²) in [5.41, 5.74) is 1.46. The van der Waals surface area contributed by atoms with Gasteiger partial charge in [0.2, 0.25) is 0 Å². The van der Waals surface area contributed by atoms with Gasteiger partial charge in [0, 0.05) is 38.8 Å². The van der Waals surface area contributed by atoms with Gasteiger partial charge in [-0.25, -0.2) is 4.98 Å². The van der Waals surface area contributed by atoms with Crippen LogP contribution < -0.4 is 5.32 Å². The molecule has 1 aromatic heterocycles. The fourth-order valence-electron chi connectivity index (χ4n) is 3.78. The Morgan fingerprint density at radius 2 is 1.88 bits per heavy atom. The highest BCUT2D eigenvalue weighted by Gasteiger charge is 2.32. The number of amides is 2. The minimum atomic E-state index is -0.125. The third-order valence-electron chi connectivity index (χ3n) is 5.54. The summed E-state index contributed by atoms with van der Waals surface area (Å²) in [5, 5.41) is 3.01. The predicted molar refractivity (Wildman–Crippen MR) is 93.7 cm³/mol. The van der Waals surface area contributed by atoms with Crippen LogP contribution in [0.4, 0.5) is 0 Å². The largest absolute Gasteiger partial charge is 0.347 e. The Hall–Kier alpha value is -1.89. The van der Waals surface area contributed by atoms with Gasteiger partial charge in [-0.1, -0.05) is 6.92 Å². The van der Waals surface area contributed by atoms with Crippen LogP contribution in [0.1, 0.15) is 59.4 Å². The van der Waals surface area contributed by atoms with Crippen LogP contribution in [0.3, 0.4) is 0 Å². The number of carbonyl (C=O) groups is 2. The average molecular weight is 345 g/mol. The first-order chi connectivity index (χ1) is 12.2. The van der Waals surface area contributed by atoms with Crippen LogP contribution in [0, 0.1) is 0 Å². The third-order valence-corrected chi connectivity index (χ3v) is 5.54. The van der Waals surface area contributed by atoms with Crippen molar-refractivity contribution in [1.82, 2.24) is 24.7 Å². The van der Waals surface area contributed by atoms with Gasteiger partial charge in [-0.3, -0.25) is 9.59 Å². The lowest BCUT2D eigenvalue weighted by Crippen LogP contribution is -2.48. The zero-order valence-electron chi connectivity index (χ0n) is 15.0. The van der Waals surface area contributed by atoms with Crippen LogP contribution in [0.15, 0.2) is 0 Å². The van der Waals surface area contributed by atoms with Crippen molar-refractivity contribution in [2.75, 3.05) is 32.7 Å². The molecule has 1 saturated heterocycles. The van der Waals surface area contributed by atoms with Crippen LogP contribution >= 0.6 is 0 Å². The highest BCUT2D eigenvalue weighted by Crippen LogP contribution is 2.24. The molecule has 0 atom stereocenters. The number of aromatic nitrogens is 2. The van der Waals surface area contributed by atoms with Gasteiger partial charge in [0.05, 0.1) is 5.69 Å². The highest BCUT2D eigenvalue weighted by atomic mass is 16.2. The Labute approximate surface area is 148 Å². The second kappa shape index (κ2) is 6.78. The van der Waals surface area contributed by atoms with Crippen molar-refractivity contribution in [3.05, 3.63) is 17.2 Å². The van der Waals surface area contributed by atoms with E-state index in [2.05, 4.69) is 22.1 Å². The second-order valence-electron chi connectivity index (χ2n) is 7.31. The van der Waals surface area contributed by atoms with Gasteiger partial charge in [-0.2, -0.15) is 0 Å². The summed E-state index contributed by atoms with van der Waals surface area (Å²) in [4.78, 5) is 34.3. The summed E-state index contributed by atoms with van der Waals surface area (Å²) >= 11 is 0. The SMILES string of the molecule is CCN1CCN(C(=O)c2nc(C(=O)NC3CC3)n3c2CCCC3)CC1. The first-order valence-electron chi connectivity index (χ1n) is 9.59. The number of hydrogen-bond acceptors (Lipinski definition) is 4. The van der Waals surface area contributed by atoms with Crippen molar-refractivity contribution in [3.63, 3.8) is 0 Å². The number of nitrogens with one attached hydrogen (secondary N) is 1. The maximum absolute atomic E-state index is 13.0. The lowest BCUT2D eigenvalue weighted by Gasteiger charge is -2.33. The molecule has 0 unspecified atom stereocenters. The van der Waals surface area contributed by atoms with E-state index in [0.29, 0.717) is 17.6 Å². The maximum Gasteiger partial charge on any atom is 0.287 e. The minimum absolute atomic E-state index is 0.00752. The van der Waals surface area contributed by atoms with E-state index < -0.39 is 0 Å². The number of piperazine rings is 1. The van der Waals surface area contributed by atoms with Crippen molar-refractivity contribution < 1.29 is 9.59 Å². The predicted octanol–water partition coefficient (Wildman–Crippen LogP) is 0.889. The molecule has 7 heteroatoms. The maximum atomic E-state index is 13.0. The van der Waals surface area contributed by atoms with E-state index in [4.69, 9.17) is 0 Å². The van der Waals surface area contributed by atoms with E-state index >= 15 is 0 Å². The summed E-state index contributed by atoms with van der Waals surface area (Å²) in [5.74, 6) is 0.296. The van der Waals surface area contributed by atoms with E-state index in [-0.39, 0.29) is 11.8 Å². The molecule has 1 saturated carbocycles. The smallest absolute Gasteiger partial charge is 0.287 e. The minimum Gasteiger partial charge on any atom is -0.347 e. The van der Waals surface area contributed by atoms with Crippen LogP contribution in [0.5, 0.6) is 0 Å². The Bertz CT molecular complexity index is 671. The molecule has 3 heterocycles. The van der Waals surface area contributed by atoms with Gasteiger partial charge in [0.15, 0.2) is 5.82 Å². The number of imidazole rings is 1. The van der Waals surface area contributed by atoms with Crippen molar-refractivity contribution in [1.29, 1.82) is 0 Å². The molecule has 2 fully saturated rings. The Morgan fingerprint density at radius 3 is 2.56 bits per heavy atom. The molecule has 25 heavy (non-hydrogen) atoms. The summed E-state index contributed by atoms with van der Waals surface area (Å²) in [6.07, 6.45) is 5.02. The summed E-state index contributed by atoms with van der Waals surface area (Å²) < 4.78 is 1.98. The second-order valence-corrected chi connectivity index (χ2v) is 7.31. The quantitative estimate of drug-likeness (QED) is 0.880. The molecule has 0 radical (unpaired) electrons. The van der Waals surface area contributed by atoms with Crippen molar-refractivity contribution in [2.45, 2.75) is 51.6 Å². The highest BCUT2D eigenvalue weighted by molar-refractivity contribution is 5.97. The van der Waals surface area contributed by atoms with E-state index in [1.54, 1.807) is 0 Å². The van der Waals surface area contributed by atoms with Crippen LogP contribution in [0.25, 0.3) is 0 Å². The normalized spacial score (nSPS) is 21.1. The first kappa shape index (κ1) is 16.6. The number of hydrogen-bond donors (Lipinski definition) is 1. The number of nitrogens with zero attached hydrogens (tertiary/aromatic N) is 4. The zero-order valence-corrected chi connectivity index (χ0v) is 15.0.